The monoisotopic (exact) mass is 419 g/mol. The fourth-order valence-electron chi connectivity index (χ4n) is 4.83. The topological polar surface area (TPSA) is 72.5 Å². The van der Waals surface area contributed by atoms with E-state index in [9.17, 15) is 13.2 Å². The molecule has 0 radical (unpaired) electrons. The highest BCUT2D eigenvalue weighted by Gasteiger charge is 2.56. The molecule has 3 saturated carbocycles. The summed E-state index contributed by atoms with van der Waals surface area (Å²) in [6, 6.07) is 6.54. The van der Waals surface area contributed by atoms with Crippen molar-refractivity contribution in [3.63, 3.8) is 0 Å². The number of ether oxygens (including phenoxy) is 1. The number of rotatable bonds is 5. The molecular formula is C23H33NO4S. The lowest BCUT2D eigenvalue weighted by Crippen LogP contribution is -2.60. The normalized spacial score (nSPS) is 28.8. The van der Waals surface area contributed by atoms with Gasteiger partial charge in [0.25, 0.3) is 0 Å². The molecule has 0 aromatic heterocycles. The standard InChI is InChI=1S/C23H33NO4S/c1-15-19-13-17(23(19,5)6)14-20(15)24-29(26,27)18-10-7-16(8-11-18)9-12-21(25)28-22(2,3)4/h7-12,15,17,19-20,24H,13-14H2,1-6H3/b12-9+/t15-,17+,19-,20-/m1/s1. The van der Waals surface area contributed by atoms with E-state index in [4.69, 9.17) is 4.74 Å². The van der Waals surface area contributed by atoms with E-state index >= 15 is 0 Å². The van der Waals surface area contributed by atoms with E-state index in [1.807, 2.05) is 20.8 Å². The maximum absolute atomic E-state index is 12.9. The second-order valence-corrected chi connectivity index (χ2v) is 11.8. The Hall–Kier alpha value is -1.66. The van der Waals surface area contributed by atoms with Gasteiger partial charge < -0.3 is 4.74 Å². The quantitative estimate of drug-likeness (QED) is 0.567. The maximum Gasteiger partial charge on any atom is 0.331 e. The molecule has 0 heterocycles. The molecule has 1 aromatic rings. The van der Waals surface area contributed by atoms with Crippen LogP contribution in [-0.4, -0.2) is 26.0 Å². The molecule has 0 saturated heterocycles. The van der Waals surface area contributed by atoms with Crippen molar-refractivity contribution in [2.24, 2.45) is 23.2 Å². The van der Waals surface area contributed by atoms with E-state index < -0.39 is 21.6 Å². The van der Waals surface area contributed by atoms with Gasteiger partial charge in [-0.1, -0.05) is 32.9 Å². The molecule has 160 valence electrons. The predicted molar refractivity (Wildman–Crippen MR) is 115 cm³/mol. The molecule has 5 nitrogen and oxygen atoms in total. The Morgan fingerprint density at radius 2 is 1.79 bits per heavy atom. The van der Waals surface area contributed by atoms with Crippen LogP contribution in [0, 0.1) is 23.2 Å². The van der Waals surface area contributed by atoms with Gasteiger partial charge in [-0.2, -0.15) is 0 Å². The van der Waals surface area contributed by atoms with E-state index in [-0.39, 0.29) is 10.9 Å². The van der Waals surface area contributed by atoms with Crippen molar-refractivity contribution in [2.75, 3.05) is 0 Å². The van der Waals surface area contributed by atoms with Gasteiger partial charge >= 0.3 is 5.97 Å². The van der Waals surface area contributed by atoms with E-state index in [0.717, 1.165) is 12.0 Å². The molecule has 0 unspecified atom stereocenters. The van der Waals surface area contributed by atoms with Crippen molar-refractivity contribution in [3.05, 3.63) is 35.9 Å². The zero-order chi connectivity index (χ0) is 21.6. The summed E-state index contributed by atoms with van der Waals surface area (Å²) in [5.74, 6) is 1.08. The van der Waals surface area contributed by atoms with Crippen molar-refractivity contribution in [3.8, 4) is 0 Å². The molecule has 0 amide bonds. The number of carbonyl (C=O) groups excluding carboxylic acids is 1. The van der Waals surface area contributed by atoms with Crippen LogP contribution in [0.4, 0.5) is 0 Å². The molecule has 1 N–H and O–H groups in total. The van der Waals surface area contributed by atoms with Crippen molar-refractivity contribution in [1.82, 2.24) is 4.72 Å². The second kappa shape index (κ2) is 7.55. The van der Waals surface area contributed by atoms with Crippen LogP contribution in [0.3, 0.4) is 0 Å². The largest absolute Gasteiger partial charge is 0.457 e. The van der Waals surface area contributed by atoms with Crippen molar-refractivity contribution >= 4 is 22.1 Å². The van der Waals surface area contributed by atoms with E-state index in [1.165, 1.54) is 12.5 Å². The first kappa shape index (κ1) is 22.0. The SMILES string of the molecule is C[C@@H]1[C@H]2C[C@@H](C[C@H]1NS(=O)(=O)c1ccc(/C=C/C(=O)OC(C)(C)C)cc1)C2(C)C. The summed E-state index contributed by atoms with van der Waals surface area (Å²) >= 11 is 0. The first-order valence-corrected chi connectivity index (χ1v) is 11.8. The number of hydrogen-bond acceptors (Lipinski definition) is 4. The number of fused-ring (bicyclic) bond motifs is 2. The maximum atomic E-state index is 12.9. The van der Waals surface area contributed by atoms with Gasteiger partial charge in [-0.3, -0.25) is 0 Å². The Balaban J connectivity index is 1.64. The predicted octanol–water partition coefficient (Wildman–Crippen LogP) is 4.39. The lowest BCUT2D eigenvalue weighted by molar-refractivity contribution is -0.148. The second-order valence-electron chi connectivity index (χ2n) is 10.1. The van der Waals surface area contributed by atoms with Crippen molar-refractivity contribution < 1.29 is 17.9 Å². The minimum Gasteiger partial charge on any atom is -0.457 e. The Kier molecular flexibility index (Phi) is 5.73. The molecule has 4 atom stereocenters. The van der Waals surface area contributed by atoms with Gasteiger partial charge in [-0.15, -0.1) is 0 Å². The summed E-state index contributed by atoms with van der Waals surface area (Å²) in [4.78, 5) is 12.0. The Morgan fingerprint density at radius 1 is 1.17 bits per heavy atom. The molecule has 4 rings (SSSR count). The van der Waals surface area contributed by atoms with Crippen LogP contribution in [0.1, 0.15) is 59.9 Å². The van der Waals surface area contributed by atoms with Crippen LogP contribution in [0.5, 0.6) is 0 Å². The first-order valence-electron chi connectivity index (χ1n) is 10.3. The van der Waals surface area contributed by atoms with Gasteiger partial charge in [0, 0.05) is 12.1 Å². The van der Waals surface area contributed by atoms with E-state index in [0.29, 0.717) is 23.2 Å². The molecular weight excluding hydrogens is 386 g/mol. The minimum atomic E-state index is -3.57. The molecule has 2 bridgehead atoms. The number of nitrogens with one attached hydrogen (secondary N) is 1. The molecule has 0 spiro atoms. The Bertz CT molecular complexity index is 894. The molecule has 1 aromatic carbocycles. The summed E-state index contributed by atoms with van der Waals surface area (Å²) in [5, 5.41) is 0. The van der Waals surface area contributed by atoms with Crippen LogP contribution < -0.4 is 4.72 Å². The fourth-order valence-corrected chi connectivity index (χ4v) is 6.17. The van der Waals surface area contributed by atoms with Crippen LogP contribution >= 0.6 is 0 Å². The zero-order valence-electron chi connectivity index (χ0n) is 18.2. The summed E-state index contributed by atoms with van der Waals surface area (Å²) < 4.78 is 33.9. The molecule has 6 heteroatoms. The molecule has 0 aliphatic heterocycles. The highest BCUT2D eigenvalue weighted by molar-refractivity contribution is 7.89. The number of sulfonamides is 1. The molecule has 3 fully saturated rings. The number of carbonyl (C=O) groups is 1. The smallest absolute Gasteiger partial charge is 0.331 e. The number of hydrogen-bond donors (Lipinski definition) is 1. The Labute approximate surface area is 175 Å². The highest BCUT2D eigenvalue weighted by Crippen LogP contribution is 2.61. The van der Waals surface area contributed by atoms with Gasteiger partial charge in [-0.05, 0) is 80.6 Å². The lowest BCUT2D eigenvalue weighted by Gasteiger charge is -2.62. The van der Waals surface area contributed by atoms with Crippen LogP contribution in [0.2, 0.25) is 0 Å². The zero-order valence-corrected chi connectivity index (χ0v) is 19.0. The lowest BCUT2D eigenvalue weighted by atomic mass is 9.45. The summed E-state index contributed by atoms with van der Waals surface area (Å²) in [6.07, 6.45) is 5.09. The third kappa shape index (κ3) is 4.75. The minimum absolute atomic E-state index is 0.0106. The Morgan fingerprint density at radius 3 is 2.31 bits per heavy atom. The fraction of sp³-hybridized carbons (Fsp3) is 0.609. The van der Waals surface area contributed by atoms with E-state index in [2.05, 4.69) is 25.5 Å². The van der Waals surface area contributed by atoms with Gasteiger partial charge in [0.15, 0.2) is 0 Å². The van der Waals surface area contributed by atoms with Gasteiger partial charge in [0.1, 0.15) is 5.60 Å². The van der Waals surface area contributed by atoms with Gasteiger partial charge in [0.05, 0.1) is 4.90 Å². The van der Waals surface area contributed by atoms with Crippen molar-refractivity contribution in [1.29, 1.82) is 0 Å². The summed E-state index contributed by atoms with van der Waals surface area (Å²) in [6.45, 7) is 12.2. The summed E-state index contributed by atoms with van der Waals surface area (Å²) in [7, 11) is -3.57. The van der Waals surface area contributed by atoms with E-state index in [1.54, 1.807) is 30.3 Å². The number of benzene rings is 1. The molecule has 3 aliphatic carbocycles. The number of esters is 1. The van der Waals surface area contributed by atoms with Gasteiger partial charge in [0.2, 0.25) is 10.0 Å². The van der Waals surface area contributed by atoms with Gasteiger partial charge in [-0.25, -0.2) is 17.9 Å². The van der Waals surface area contributed by atoms with Crippen LogP contribution in [-0.2, 0) is 19.6 Å². The third-order valence-corrected chi connectivity index (χ3v) is 8.18. The average Bonchev–Trinajstić information content (AvgIpc) is 2.60. The highest BCUT2D eigenvalue weighted by atomic mass is 32.2. The van der Waals surface area contributed by atoms with Crippen LogP contribution in [0.15, 0.2) is 35.2 Å². The first-order chi connectivity index (χ1) is 13.3. The molecule has 3 aliphatic rings. The van der Waals surface area contributed by atoms with Crippen LogP contribution in [0.25, 0.3) is 6.08 Å². The summed E-state index contributed by atoms with van der Waals surface area (Å²) in [5.41, 5.74) is 0.518. The third-order valence-electron chi connectivity index (χ3n) is 6.67. The molecule has 29 heavy (non-hydrogen) atoms. The van der Waals surface area contributed by atoms with Crippen molar-refractivity contribution in [2.45, 2.75) is 70.9 Å². The average molecular weight is 420 g/mol.